The van der Waals surface area contributed by atoms with Crippen molar-refractivity contribution in [3.63, 3.8) is 0 Å². The zero-order valence-corrected chi connectivity index (χ0v) is 8.10. The number of ketones is 1. The van der Waals surface area contributed by atoms with Crippen LogP contribution in [0.3, 0.4) is 0 Å². The van der Waals surface area contributed by atoms with E-state index in [2.05, 4.69) is 5.16 Å². The molecule has 0 atom stereocenters. The van der Waals surface area contributed by atoms with Gasteiger partial charge in [-0.2, -0.15) is 0 Å². The molecule has 4 heteroatoms. The largest absolute Gasteiger partial charge is 0.508 e. The van der Waals surface area contributed by atoms with Gasteiger partial charge in [-0.15, -0.1) is 0 Å². The van der Waals surface area contributed by atoms with Gasteiger partial charge in [0, 0.05) is 11.6 Å². The molecule has 1 heterocycles. The molecule has 0 radical (unpaired) electrons. The molecule has 0 aliphatic rings. The number of carbonyl (C=O) groups is 1. The number of hydrogen-bond donors (Lipinski definition) is 1. The Morgan fingerprint density at radius 3 is 2.53 bits per heavy atom. The molecule has 0 aliphatic heterocycles. The summed E-state index contributed by atoms with van der Waals surface area (Å²) in [6.07, 6.45) is 0. The fourth-order valence-corrected chi connectivity index (χ4v) is 1.23. The second kappa shape index (κ2) is 3.57. The van der Waals surface area contributed by atoms with Gasteiger partial charge in [0.05, 0.1) is 0 Å². The van der Waals surface area contributed by atoms with E-state index in [0.29, 0.717) is 11.3 Å². The van der Waals surface area contributed by atoms with E-state index in [1.165, 1.54) is 12.1 Å². The summed E-state index contributed by atoms with van der Waals surface area (Å²) in [5.41, 5.74) is 0.749. The molecule has 0 saturated heterocycles. The van der Waals surface area contributed by atoms with Crippen molar-refractivity contribution in [3.05, 3.63) is 47.3 Å². The number of aromatic hydroxyl groups is 1. The molecule has 1 aromatic heterocycles. The van der Waals surface area contributed by atoms with Gasteiger partial charge >= 0.3 is 0 Å². The first-order chi connectivity index (χ1) is 7.16. The van der Waals surface area contributed by atoms with Crippen LogP contribution in [0.2, 0.25) is 0 Å². The van der Waals surface area contributed by atoms with Gasteiger partial charge in [-0.3, -0.25) is 4.79 Å². The maximum atomic E-state index is 11.8. The van der Waals surface area contributed by atoms with E-state index in [9.17, 15) is 4.79 Å². The molecule has 0 aliphatic carbocycles. The van der Waals surface area contributed by atoms with Gasteiger partial charge in [0.15, 0.2) is 5.69 Å². The zero-order valence-electron chi connectivity index (χ0n) is 8.10. The van der Waals surface area contributed by atoms with Crippen LogP contribution in [-0.2, 0) is 0 Å². The lowest BCUT2D eigenvalue weighted by atomic mass is 10.1. The first-order valence-corrected chi connectivity index (χ1v) is 4.44. The maximum absolute atomic E-state index is 11.8. The highest BCUT2D eigenvalue weighted by molar-refractivity contribution is 6.07. The highest BCUT2D eigenvalue weighted by Crippen LogP contribution is 2.13. The molecule has 0 unspecified atom stereocenters. The van der Waals surface area contributed by atoms with E-state index in [1.807, 2.05) is 0 Å². The van der Waals surface area contributed by atoms with Crippen LogP contribution in [0.25, 0.3) is 0 Å². The van der Waals surface area contributed by atoms with E-state index in [0.717, 1.165) is 0 Å². The smallest absolute Gasteiger partial charge is 0.214 e. The number of phenolic OH excluding ortho intramolecular Hbond substituents is 1. The molecular formula is C11H9NO3. The Labute approximate surface area is 86.1 Å². The third-order valence-corrected chi connectivity index (χ3v) is 1.99. The van der Waals surface area contributed by atoms with Crippen molar-refractivity contribution < 1.29 is 14.4 Å². The molecule has 15 heavy (non-hydrogen) atoms. The average molecular weight is 203 g/mol. The summed E-state index contributed by atoms with van der Waals surface area (Å²) in [7, 11) is 0. The van der Waals surface area contributed by atoms with Crippen LogP contribution in [0.5, 0.6) is 5.75 Å². The van der Waals surface area contributed by atoms with Crippen LogP contribution in [0.1, 0.15) is 21.8 Å². The first-order valence-electron chi connectivity index (χ1n) is 4.44. The summed E-state index contributed by atoms with van der Waals surface area (Å²) < 4.78 is 4.81. The number of aryl methyl sites for hydroxylation is 1. The van der Waals surface area contributed by atoms with Crippen molar-refractivity contribution >= 4 is 5.78 Å². The van der Waals surface area contributed by atoms with Crippen LogP contribution >= 0.6 is 0 Å². The SMILES string of the molecule is Cc1cc(C(=O)c2ccc(O)cc2)no1. The van der Waals surface area contributed by atoms with Gasteiger partial charge in [-0.05, 0) is 31.2 Å². The minimum Gasteiger partial charge on any atom is -0.508 e. The Morgan fingerprint density at radius 1 is 1.33 bits per heavy atom. The van der Waals surface area contributed by atoms with Gasteiger partial charge in [-0.25, -0.2) is 0 Å². The fraction of sp³-hybridized carbons (Fsp3) is 0.0909. The molecule has 1 aromatic carbocycles. The normalized spacial score (nSPS) is 10.2. The van der Waals surface area contributed by atoms with Crippen LogP contribution in [0.15, 0.2) is 34.9 Å². The average Bonchev–Trinajstić information content (AvgIpc) is 2.65. The molecule has 76 valence electrons. The third-order valence-electron chi connectivity index (χ3n) is 1.99. The zero-order chi connectivity index (χ0) is 10.8. The van der Waals surface area contributed by atoms with E-state index >= 15 is 0 Å². The topological polar surface area (TPSA) is 63.3 Å². The minimum atomic E-state index is -0.216. The molecule has 2 aromatic rings. The summed E-state index contributed by atoms with van der Waals surface area (Å²) in [6, 6.07) is 7.58. The molecule has 0 spiro atoms. The Bertz CT molecular complexity index is 485. The third kappa shape index (κ3) is 1.88. The first kappa shape index (κ1) is 9.45. The quantitative estimate of drug-likeness (QED) is 0.757. The van der Waals surface area contributed by atoms with Gasteiger partial charge in [0.1, 0.15) is 11.5 Å². The molecule has 0 saturated carbocycles. The summed E-state index contributed by atoms with van der Waals surface area (Å²) >= 11 is 0. The maximum Gasteiger partial charge on any atom is 0.214 e. The molecule has 0 amide bonds. The van der Waals surface area contributed by atoms with Crippen molar-refractivity contribution in [2.24, 2.45) is 0 Å². The predicted molar refractivity (Wildman–Crippen MR) is 52.8 cm³/mol. The second-order valence-corrected chi connectivity index (χ2v) is 3.20. The van der Waals surface area contributed by atoms with Crippen molar-refractivity contribution in [1.82, 2.24) is 5.16 Å². The van der Waals surface area contributed by atoms with E-state index in [4.69, 9.17) is 9.63 Å². The van der Waals surface area contributed by atoms with Crippen molar-refractivity contribution in [2.75, 3.05) is 0 Å². The van der Waals surface area contributed by atoms with Gasteiger partial charge in [0.2, 0.25) is 5.78 Å². The van der Waals surface area contributed by atoms with Crippen molar-refractivity contribution in [2.45, 2.75) is 6.92 Å². The molecular weight excluding hydrogens is 194 g/mol. The van der Waals surface area contributed by atoms with E-state index in [-0.39, 0.29) is 17.2 Å². The highest BCUT2D eigenvalue weighted by atomic mass is 16.5. The monoisotopic (exact) mass is 203 g/mol. The van der Waals surface area contributed by atoms with Crippen LogP contribution in [0, 0.1) is 6.92 Å². The Balaban J connectivity index is 2.32. The summed E-state index contributed by atoms with van der Waals surface area (Å²) in [5.74, 6) is 0.506. The Hall–Kier alpha value is -2.10. The molecule has 0 fully saturated rings. The fourth-order valence-electron chi connectivity index (χ4n) is 1.23. The molecule has 4 nitrogen and oxygen atoms in total. The number of aromatic nitrogens is 1. The van der Waals surface area contributed by atoms with Gasteiger partial charge < -0.3 is 9.63 Å². The standard InChI is InChI=1S/C11H9NO3/c1-7-6-10(12-15-7)11(14)8-2-4-9(13)5-3-8/h2-6,13H,1H3. The summed E-state index contributed by atoms with van der Waals surface area (Å²) in [5, 5.41) is 12.7. The van der Waals surface area contributed by atoms with Crippen molar-refractivity contribution in [1.29, 1.82) is 0 Å². The molecule has 1 N–H and O–H groups in total. The minimum absolute atomic E-state index is 0.128. The lowest BCUT2D eigenvalue weighted by molar-refractivity contribution is 0.103. The van der Waals surface area contributed by atoms with Gasteiger partial charge in [-0.1, -0.05) is 5.16 Å². The number of nitrogens with zero attached hydrogens (tertiary/aromatic N) is 1. The Kier molecular flexibility index (Phi) is 2.25. The summed E-state index contributed by atoms with van der Waals surface area (Å²) in [6.45, 7) is 1.72. The van der Waals surface area contributed by atoms with Gasteiger partial charge in [0.25, 0.3) is 0 Å². The Morgan fingerprint density at radius 2 is 2.00 bits per heavy atom. The number of rotatable bonds is 2. The van der Waals surface area contributed by atoms with E-state index in [1.54, 1.807) is 25.1 Å². The highest BCUT2D eigenvalue weighted by Gasteiger charge is 2.12. The predicted octanol–water partition coefficient (Wildman–Crippen LogP) is 1.92. The number of benzene rings is 1. The van der Waals surface area contributed by atoms with Crippen LogP contribution in [0.4, 0.5) is 0 Å². The number of phenols is 1. The van der Waals surface area contributed by atoms with Crippen LogP contribution < -0.4 is 0 Å². The molecule has 2 rings (SSSR count). The number of carbonyl (C=O) groups excluding carboxylic acids is 1. The number of hydrogen-bond acceptors (Lipinski definition) is 4. The van der Waals surface area contributed by atoms with Crippen LogP contribution in [-0.4, -0.2) is 16.0 Å². The lowest BCUT2D eigenvalue weighted by Gasteiger charge is -1.96. The van der Waals surface area contributed by atoms with Crippen molar-refractivity contribution in [3.8, 4) is 5.75 Å². The second-order valence-electron chi connectivity index (χ2n) is 3.20. The van der Waals surface area contributed by atoms with E-state index < -0.39 is 0 Å². The summed E-state index contributed by atoms with van der Waals surface area (Å²) in [4.78, 5) is 11.8. The lowest BCUT2D eigenvalue weighted by Crippen LogP contribution is -2.00. The molecule has 0 bridgehead atoms.